The quantitative estimate of drug-likeness (QED) is 0.527. The van der Waals surface area contributed by atoms with Crippen molar-refractivity contribution in [1.82, 2.24) is 14.5 Å². The van der Waals surface area contributed by atoms with Crippen LogP contribution in [0.5, 0.6) is 0 Å². The van der Waals surface area contributed by atoms with Crippen LogP contribution in [0.4, 0.5) is 0 Å². The molecule has 3 aromatic heterocycles. The maximum absolute atomic E-state index is 4.84. The van der Waals surface area contributed by atoms with Crippen LogP contribution < -0.4 is 0 Å². The lowest BCUT2D eigenvalue weighted by Crippen LogP contribution is -1.98. The number of aromatic nitrogens is 3. The summed E-state index contributed by atoms with van der Waals surface area (Å²) in [5.74, 6) is 0.951. The molecular formula is C18H15N3S2. The summed E-state index contributed by atoms with van der Waals surface area (Å²) in [6, 6.07) is 10.3. The number of thiazole rings is 1. The van der Waals surface area contributed by atoms with Gasteiger partial charge < -0.3 is 4.57 Å². The first-order valence-corrected chi connectivity index (χ1v) is 9.13. The van der Waals surface area contributed by atoms with E-state index in [1.165, 1.54) is 5.56 Å². The SMILES string of the molecule is Cc1csc(/C(=C\c2ccsc2)c2nc3ccccc3n2C)n1. The van der Waals surface area contributed by atoms with Crippen molar-refractivity contribution in [2.45, 2.75) is 6.92 Å². The van der Waals surface area contributed by atoms with Gasteiger partial charge >= 0.3 is 0 Å². The molecule has 0 unspecified atom stereocenters. The molecule has 4 aromatic rings. The number of thiophene rings is 1. The molecule has 0 aliphatic heterocycles. The Bertz CT molecular complexity index is 991. The van der Waals surface area contributed by atoms with E-state index in [2.05, 4.69) is 50.9 Å². The minimum Gasteiger partial charge on any atom is -0.327 e. The van der Waals surface area contributed by atoms with Gasteiger partial charge in [-0.15, -0.1) is 11.3 Å². The first kappa shape index (κ1) is 14.4. The van der Waals surface area contributed by atoms with Crippen LogP contribution in [0.25, 0.3) is 22.7 Å². The number of rotatable bonds is 3. The summed E-state index contributed by atoms with van der Waals surface area (Å²) in [4.78, 5) is 9.52. The molecule has 1 aromatic carbocycles. The average molecular weight is 337 g/mol. The summed E-state index contributed by atoms with van der Waals surface area (Å²) < 4.78 is 2.14. The van der Waals surface area contributed by atoms with E-state index in [0.717, 1.165) is 33.1 Å². The van der Waals surface area contributed by atoms with Crippen LogP contribution in [0, 0.1) is 6.92 Å². The molecule has 0 spiro atoms. The highest BCUT2D eigenvalue weighted by molar-refractivity contribution is 7.11. The Balaban J connectivity index is 1.95. The smallest absolute Gasteiger partial charge is 0.143 e. The van der Waals surface area contributed by atoms with Gasteiger partial charge in [0.15, 0.2) is 0 Å². The molecule has 5 heteroatoms. The van der Waals surface area contributed by atoms with E-state index in [1.807, 2.05) is 25.1 Å². The van der Waals surface area contributed by atoms with E-state index in [4.69, 9.17) is 4.98 Å². The van der Waals surface area contributed by atoms with Crippen LogP contribution in [0.2, 0.25) is 0 Å². The number of aryl methyl sites for hydroxylation is 2. The number of hydrogen-bond acceptors (Lipinski definition) is 4. The third kappa shape index (κ3) is 2.62. The van der Waals surface area contributed by atoms with E-state index in [9.17, 15) is 0 Å². The Labute approximate surface area is 142 Å². The van der Waals surface area contributed by atoms with Crippen LogP contribution in [-0.4, -0.2) is 14.5 Å². The van der Waals surface area contributed by atoms with Gasteiger partial charge in [-0.05, 0) is 47.5 Å². The molecule has 0 fully saturated rings. The Hall–Kier alpha value is -2.24. The zero-order valence-electron chi connectivity index (χ0n) is 12.9. The van der Waals surface area contributed by atoms with Gasteiger partial charge in [-0.1, -0.05) is 12.1 Å². The minimum absolute atomic E-state index is 0.951. The van der Waals surface area contributed by atoms with Crippen LogP contribution in [-0.2, 0) is 7.05 Å². The van der Waals surface area contributed by atoms with Crippen molar-refractivity contribution >= 4 is 45.4 Å². The molecule has 0 bridgehead atoms. The standard InChI is InChI=1S/C18H15N3S2/c1-12-10-23-18(19-12)14(9-13-7-8-22-11-13)17-20-15-5-3-4-6-16(15)21(17)2/h3-11H,1-2H3/b14-9-. The Morgan fingerprint density at radius 3 is 2.70 bits per heavy atom. The predicted molar refractivity (Wildman–Crippen MR) is 98.9 cm³/mol. The van der Waals surface area contributed by atoms with Gasteiger partial charge in [-0.3, -0.25) is 0 Å². The second kappa shape index (κ2) is 5.76. The number of fused-ring (bicyclic) bond motifs is 1. The molecule has 3 nitrogen and oxygen atoms in total. The van der Waals surface area contributed by atoms with Crippen molar-refractivity contribution < 1.29 is 0 Å². The predicted octanol–water partition coefficient (Wildman–Crippen LogP) is 4.99. The second-order valence-corrected chi connectivity index (χ2v) is 7.03. The third-order valence-electron chi connectivity index (χ3n) is 3.73. The summed E-state index contributed by atoms with van der Waals surface area (Å²) >= 11 is 3.36. The van der Waals surface area contributed by atoms with E-state index in [0.29, 0.717) is 0 Å². The molecule has 3 heterocycles. The zero-order chi connectivity index (χ0) is 15.8. The lowest BCUT2D eigenvalue weighted by atomic mass is 10.2. The van der Waals surface area contributed by atoms with Gasteiger partial charge in [0.1, 0.15) is 10.8 Å². The molecule has 114 valence electrons. The van der Waals surface area contributed by atoms with Gasteiger partial charge in [0.2, 0.25) is 0 Å². The van der Waals surface area contributed by atoms with Gasteiger partial charge in [0, 0.05) is 18.1 Å². The van der Waals surface area contributed by atoms with Crippen molar-refractivity contribution in [3.05, 3.63) is 68.6 Å². The third-order valence-corrected chi connectivity index (χ3v) is 5.43. The molecule has 0 amide bonds. The van der Waals surface area contributed by atoms with E-state index in [-0.39, 0.29) is 0 Å². The Morgan fingerprint density at radius 1 is 1.13 bits per heavy atom. The van der Waals surface area contributed by atoms with Crippen molar-refractivity contribution in [3.63, 3.8) is 0 Å². The highest BCUT2D eigenvalue weighted by atomic mass is 32.1. The summed E-state index contributed by atoms with van der Waals surface area (Å²) in [5.41, 5.74) is 5.44. The van der Waals surface area contributed by atoms with Crippen molar-refractivity contribution in [1.29, 1.82) is 0 Å². The first-order chi connectivity index (χ1) is 11.2. The van der Waals surface area contributed by atoms with Gasteiger partial charge in [-0.2, -0.15) is 11.3 Å². The summed E-state index contributed by atoms with van der Waals surface area (Å²) in [6.45, 7) is 2.02. The summed E-state index contributed by atoms with van der Waals surface area (Å²) in [7, 11) is 2.06. The maximum Gasteiger partial charge on any atom is 0.143 e. The Morgan fingerprint density at radius 2 is 2.00 bits per heavy atom. The molecule has 23 heavy (non-hydrogen) atoms. The summed E-state index contributed by atoms with van der Waals surface area (Å²) in [5, 5.41) is 7.32. The van der Waals surface area contributed by atoms with Crippen molar-refractivity contribution in [3.8, 4) is 0 Å². The van der Waals surface area contributed by atoms with Crippen molar-refractivity contribution in [2.24, 2.45) is 7.05 Å². The van der Waals surface area contributed by atoms with E-state index in [1.54, 1.807) is 22.7 Å². The van der Waals surface area contributed by atoms with Gasteiger partial charge in [-0.25, -0.2) is 9.97 Å². The molecule has 0 saturated carbocycles. The van der Waals surface area contributed by atoms with Crippen LogP contribution in [0.3, 0.4) is 0 Å². The molecule has 0 N–H and O–H groups in total. The normalized spacial score (nSPS) is 12.2. The average Bonchev–Trinajstić information content (AvgIpc) is 3.27. The molecular weight excluding hydrogens is 322 g/mol. The fraction of sp³-hybridized carbons (Fsp3) is 0.111. The van der Waals surface area contributed by atoms with Crippen molar-refractivity contribution in [2.75, 3.05) is 0 Å². The highest BCUT2D eigenvalue weighted by Gasteiger charge is 2.16. The Kier molecular flexibility index (Phi) is 3.59. The number of hydrogen-bond donors (Lipinski definition) is 0. The highest BCUT2D eigenvalue weighted by Crippen LogP contribution is 2.30. The summed E-state index contributed by atoms with van der Waals surface area (Å²) in [6.07, 6.45) is 2.18. The van der Waals surface area contributed by atoms with Gasteiger partial charge in [0.25, 0.3) is 0 Å². The van der Waals surface area contributed by atoms with Crippen LogP contribution >= 0.6 is 22.7 Å². The fourth-order valence-electron chi connectivity index (χ4n) is 2.61. The first-order valence-electron chi connectivity index (χ1n) is 7.30. The molecule has 0 saturated heterocycles. The maximum atomic E-state index is 4.84. The number of para-hydroxylation sites is 2. The topological polar surface area (TPSA) is 30.7 Å². The number of imidazole rings is 1. The molecule has 0 aliphatic rings. The molecule has 0 aliphatic carbocycles. The lowest BCUT2D eigenvalue weighted by molar-refractivity contribution is 0.922. The lowest BCUT2D eigenvalue weighted by Gasteiger charge is -2.05. The molecule has 0 radical (unpaired) electrons. The van der Waals surface area contributed by atoms with E-state index < -0.39 is 0 Å². The minimum atomic E-state index is 0.951. The van der Waals surface area contributed by atoms with Crippen LogP contribution in [0.15, 0.2) is 46.5 Å². The fourth-order valence-corrected chi connectivity index (χ4v) is 4.04. The number of nitrogens with zero attached hydrogens (tertiary/aromatic N) is 3. The molecule has 0 atom stereocenters. The van der Waals surface area contributed by atoms with Gasteiger partial charge in [0.05, 0.1) is 16.6 Å². The number of benzene rings is 1. The van der Waals surface area contributed by atoms with E-state index >= 15 is 0 Å². The zero-order valence-corrected chi connectivity index (χ0v) is 14.5. The second-order valence-electron chi connectivity index (χ2n) is 5.39. The molecule has 4 rings (SSSR count). The van der Waals surface area contributed by atoms with Crippen LogP contribution in [0.1, 0.15) is 22.1 Å². The monoisotopic (exact) mass is 337 g/mol. The largest absolute Gasteiger partial charge is 0.327 e.